The maximum absolute atomic E-state index is 12.0. The van der Waals surface area contributed by atoms with E-state index in [0.717, 1.165) is 25.2 Å². The van der Waals surface area contributed by atoms with Gasteiger partial charge >= 0.3 is 0 Å². The third-order valence-electron chi connectivity index (χ3n) is 3.53. The zero-order chi connectivity index (χ0) is 17.9. The van der Waals surface area contributed by atoms with Crippen molar-refractivity contribution in [3.63, 3.8) is 0 Å². The van der Waals surface area contributed by atoms with Crippen molar-refractivity contribution in [2.75, 3.05) is 25.0 Å². The van der Waals surface area contributed by atoms with Gasteiger partial charge in [-0.2, -0.15) is 0 Å². The Balaban J connectivity index is 0.00000338. The minimum Gasteiger partial charge on any atom is -0.357 e. The number of anilines is 1. The number of hydrogen-bond donors (Lipinski definition) is 3. The Bertz CT molecular complexity index is 661. The number of benzene rings is 1. The molecule has 0 fully saturated rings. The van der Waals surface area contributed by atoms with Crippen molar-refractivity contribution in [3.8, 4) is 0 Å². The largest absolute Gasteiger partial charge is 0.357 e. The fraction of sp³-hybridized carbons (Fsp3) is 0.368. The van der Waals surface area contributed by atoms with Crippen LogP contribution in [0.15, 0.2) is 52.8 Å². The van der Waals surface area contributed by atoms with Gasteiger partial charge in [-0.1, -0.05) is 31.2 Å². The van der Waals surface area contributed by atoms with Gasteiger partial charge in [-0.25, -0.2) is 4.99 Å². The van der Waals surface area contributed by atoms with E-state index in [4.69, 9.17) is 0 Å². The summed E-state index contributed by atoms with van der Waals surface area (Å²) in [7, 11) is 0. The summed E-state index contributed by atoms with van der Waals surface area (Å²) in [6.45, 7) is 5.87. The quantitative estimate of drug-likeness (QED) is 0.303. The number of nitrogens with one attached hydrogen (secondary N) is 3. The summed E-state index contributed by atoms with van der Waals surface area (Å²) in [5.41, 5.74) is 0.783. The van der Waals surface area contributed by atoms with Crippen LogP contribution in [0, 0.1) is 5.92 Å². The van der Waals surface area contributed by atoms with Gasteiger partial charge in [0.1, 0.15) is 6.54 Å². The summed E-state index contributed by atoms with van der Waals surface area (Å²) < 4.78 is 0. The van der Waals surface area contributed by atoms with Crippen LogP contribution in [0.3, 0.4) is 0 Å². The molecular weight excluding hydrogens is 459 g/mol. The molecule has 26 heavy (non-hydrogen) atoms. The molecule has 0 spiro atoms. The number of para-hydroxylation sites is 1. The van der Waals surface area contributed by atoms with Crippen molar-refractivity contribution >= 4 is 52.9 Å². The molecule has 1 aromatic carbocycles. The van der Waals surface area contributed by atoms with Crippen molar-refractivity contribution in [1.29, 1.82) is 0 Å². The van der Waals surface area contributed by atoms with E-state index >= 15 is 0 Å². The highest BCUT2D eigenvalue weighted by molar-refractivity contribution is 14.0. The average molecular weight is 486 g/mol. The highest BCUT2D eigenvalue weighted by Crippen LogP contribution is 2.13. The fourth-order valence-corrected chi connectivity index (χ4v) is 3.20. The van der Waals surface area contributed by atoms with Crippen LogP contribution in [-0.4, -0.2) is 31.5 Å². The zero-order valence-corrected chi connectivity index (χ0v) is 18.3. The van der Waals surface area contributed by atoms with Crippen LogP contribution in [0.1, 0.15) is 18.7 Å². The third-order valence-corrected chi connectivity index (χ3v) is 4.43. The van der Waals surface area contributed by atoms with Crippen molar-refractivity contribution in [1.82, 2.24) is 10.6 Å². The molecule has 0 bridgehead atoms. The molecule has 2 rings (SSSR count). The number of rotatable bonds is 8. The predicted octanol–water partition coefficient (Wildman–Crippen LogP) is 3.74. The molecule has 1 amide bonds. The van der Waals surface area contributed by atoms with Crippen LogP contribution in [0.2, 0.25) is 0 Å². The van der Waals surface area contributed by atoms with Gasteiger partial charge in [0.2, 0.25) is 5.91 Å². The number of guanidine groups is 1. The van der Waals surface area contributed by atoms with Gasteiger partial charge < -0.3 is 16.0 Å². The topological polar surface area (TPSA) is 65.5 Å². The summed E-state index contributed by atoms with van der Waals surface area (Å²) in [4.78, 5) is 17.7. The van der Waals surface area contributed by atoms with Crippen LogP contribution in [-0.2, 0) is 11.2 Å². The van der Waals surface area contributed by atoms with Crippen molar-refractivity contribution < 1.29 is 4.79 Å². The van der Waals surface area contributed by atoms with Gasteiger partial charge in [-0.15, -0.1) is 35.3 Å². The molecule has 0 aliphatic rings. The van der Waals surface area contributed by atoms with E-state index in [1.54, 1.807) is 11.3 Å². The second kappa shape index (κ2) is 12.7. The molecule has 2 aromatic rings. The maximum atomic E-state index is 12.0. The monoisotopic (exact) mass is 486 g/mol. The molecule has 0 aliphatic heterocycles. The van der Waals surface area contributed by atoms with E-state index in [1.165, 1.54) is 4.88 Å². The summed E-state index contributed by atoms with van der Waals surface area (Å²) in [5, 5.41) is 11.4. The lowest BCUT2D eigenvalue weighted by atomic mass is 10.1. The maximum Gasteiger partial charge on any atom is 0.246 e. The average Bonchev–Trinajstić information content (AvgIpc) is 3.11. The molecule has 3 N–H and O–H groups in total. The number of aliphatic imine (C=N–C) groups is 1. The first-order valence-corrected chi connectivity index (χ1v) is 9.44. The molecule has 0 aliphatic carbocycles. The second-order valence-electron chi connectivity index (χ2n) is 5.88. The molecule has 0 radical (unpaired) electrons. The second-order valence-corrected chi connectivity index (χ2v) is 6.91. The first-order valence-electron chi connectivity index (χ1n) is 8.56. The molecule has 7 heteroatoms. The molecule has 1 heterocycles. The number of amides is 1. The van der Waals surface area contributed by atoms with Crippen LogP contribution in [0.5, 0.6) is 0 Å². The lowest BCUT2D eigenvalue weighted by Crippen LogP contribution is -2.40. The van der Waals surface area contributed by atoms with Gasteiger partial charge in [0.25, 0.3) is 0 Å². The minimum atomic E-state index is -0.130. The van der Waals surface area contributed by atoms with E-state index in [0.29, 0.717) is 11.9 Å². The van der Waals surface area contributed by atoms with Crippen LogP contribution in [0.25, 0.3) is 0 Å². The number of nitrogens with zero attached hydrogens (tertiary/aromatic N) is 1. The normalized spacial score (nSPS) is 12.0. The first-order chi connectivity index (χ1) is 12.2. The Labute approximate surface area is 176 Å². The van der Waals surface area contributed by atoms with E-state index in [9.17, 15) is 4.79 Å². The van der Waals surface area contributed by atoms with Crippen molar-refractivity contribution in [2.24, 2.45) is 10.9 Å². The molecule has 1 atom stereocenters. The lowest BCUT2D eigenvalue weighted by Gasteiger charge is -2.15. The highest BCUT2D eigenvalue weighted by Gasteiger charge is 2.07. The molecule has 0 saturated heterocycles. The number of hydrogen-bond acceptors (Lipinski definition) is 3. The van der Waals surface area contributed by atoms with Crippen LogP contribution >= 0.6 is 35.3 Å². The van der Waals surface area contributed by atoms with Gasteiger partial charge in [0, 0.05) is 23.7 Å². The predicted molar refractivity (Wildman–Crippen MR) is 122 cm³/mol. The lowest BCUT2D eigenvalue weighted by molar-refractivity contribution is -0.114. The van der Waals surface area contributed by atoms with E-state index in [2.05, 4.69) is 45.4 Å². The van der Waals surface area contributed by atoms with E-state index in [-0.39, 0.29) is 36.4 Å². The molecule has 5 nitrogen and oxygen atoms in total. The number of halogens is 1. The first kappa shape index (κ1) is 22.4. The SMILES string of the molecule is CCNC(=NCC(=O)Nc1ccccc1)NCC(C)Cc1cccs1.I. The Morgan fingerprint density at radius 3 is 2.58 bits per heavy atom. The molecule has 1 aromatic heterocycles. The Morgan fingerprint density at radius 1 is 1.15 bits per heavy atom. The number of carbonyl (C=O) groups excluding carboxylic acids is 1. The minimum absolute atomic E-state index is 0. The Hall–Kier alpha value is -1.61. The Kier molecular flexibility index (Phi) is 11.0. The van der Waals surface area contributed by atoms with Gasteiger partial charge in [-0.05, 0) is 42.8 Å². The van der Waals surface area contributed by atoms with E-state index < -0.39 is 0 Å². The standard InChI is InChI=1S/C19H26N4OS.HI/c1-3-20-19(21-13-15(2)12-17-10-7-11-25-17)22-14-18(24)23-16-8-5-4-6-9-16;/h4-11,15H,3,12-14H2,1-2H3,(H,23,24)(H2,20,21,22);1H. The summed E-state index contributed by atoms with van der Waals surface area (Å²) in [5.74, 6) is 1.03. The van der Waals surface area contributed by atoms with E-state index in [1.807, 2.05) is 37.3 Å². The third kappa shape index (κ3) is 8.66. The molecular formula is C19H27IN4OS. The fourth-order valence-electron chi connectivity index (χ4n) is 2.33. The highest BCUT2D eigenvalue weighted by atomic mass is 127. The summed E-state index contributed by atoms with van der Waals surface area (Å²) in [6, 6.07) is 13.7. The molecule has 1 unspecified atom stereocenters. The van der Waals surface area contributed by atoms with Crippen LogP contribution < -0.4 is 16.0 Å². The Morgan fingerprint density at radius 2 is 1.92 bits per heavy atom. The van der Waals surface area contributed by atoms with Crippen molar-refractivity contribution in [2.45, 2.75) is 20.3 Å². The molecule has 142 valence electrons. The van der Waals surface area contributed by atoms with Gasteiger partial charge in [0.05, 0.1) is 0 Å². The van der Waals surface area contributed by atoms with Gasteiger partial charge in [-0.3, -0.25) is 4.79 Å². The molecule has 0 saturated carbocycles. The smallest absolute Gasteiger partial charge is 0.246 e. The summed E-state index contributed by atoms with van der Waals surface area (Å²) >= 11 is 1.78. The number of carbonyl (C=O) groups is 1. The summed E-state index contributed by atoms with van der Waals surface area (Å²) in [6.07, 6.45) is 1.04. The zero-order valence-electron chi connectivity index (χ0n) is 15.2. The van der Waals surface area contributed by atoms with Crippen molar-refractivity contribution in [3.05, 3.63) is 52.7 Å². The van der Waals surface area contributed by atoms with Gasteiger partial charge in [0.15, 0.2) is 5.96 Å². The van der Waals surface area contributed by atoms with Crippen LogP contribution in [0.4, 0.5) is 5.69 Å². The number of thiophene rings is 1.